The molecule has 0 aliphatic heterocycles. The molecule has 2 aromatic heterocycles. The monoisotopic (exact) mass is 334 g/mol. The van der Waals surface area contributed by atoms with Gasteiger partial charge in [-0.15, -0.1) is 0 Å². The van der Waals surface area contributed by atoms with Crippen molar-refractivity contribution in [1.29, 1.82) is 0 Å². The molecule has 2 amide bonds. The lowest BCUT2D eigenvalue weighted by Crippen LogP contribution is -2.19. The lowest BCUT2D eigenvalue weighted by Gasteiger charge is -2.05. The smallest absolute Gasteiger partial charge is 0.324 e. The molecule has 0 radical (unpaired) electrons. The first-order valence-electron chi connectivity index (χ1n) is 7.29. The first-order valence-corrected chi connectivity index (χ1v) is 7.29. The molecule has 0 fully saturated rings. The van der Waals surface area contributed by atoms with E-state index in [4.69, 9.17) is 10.3 Å². The molecule has 3 aromatic rings. The molecule has 0 bridgehead atoms. The maximum Gasteiger partial charge on any atom is 0.324 e. The maximum absolute atomic E-state index is 11.9. The second-order valence-electron chi connectivity index (χ2n) is 5.06. The van der Waals surface area contributed by atoms with Crippen LogP contribution in [0.3, 0.4) is 0 Å². The summed E-state index contributed by atoms with van der Waals surface area (Å²) in [4.78, 5) is 19.7. The third-order valence-electron chi connectivity index (χ3n) is 3.01. The number of aromatic nitrogens is 3. The van der Waals surface area contributed by atoms with E-state index in [2.05, 4.69) is 37.6 Å². The summed E-state index contributed by atoms with van der Waals surface area (Å²) in [6.07, 6.45) is 3.09. The number of nitrogen functional groups attached to an aromatic ring is 1. The largest absolute Gasteiger partial charge is 0.368 e. The molecule has 0 saturated carbocycles. The molecule has 1 aromatic carbocycles. The molecular formula is C17H14N6O2. The molecule has 0 aliphatic carbocycles. The molecule has 8 heteroatoms. The minimum Gasteiger partial charge on any atom is -0.368 e. The number of amides is 2. The number of urea groups is 1. The van der Waals surface area contributed by atoms with Gasteiger partial charge in [0.25, 0.3) is 0 Å². The first-order chi connectivity index (χ1) is 12.1. The summed E-state index contributed by atoms with van der Waals surface area (Å²) in [6, 6.07) is 8.32. The fourth-order valence-corrected chi connectivity index (χ4v) is 1.93. The van der Waals surface area contributed by atoms with Gasteiger partial charge in [0.15, 0.2) is 5.82 Å². The minimum atomic E-state index is -0.426. The number of rotatable bonds is 2. The van der Waals surface area contributed by atoms with Crippen molar-refractivity contribution in [3.8, 4) is 11.8 Å². The van der Waals surface area contributed by atoms with Crippen LogP contribution in [0.25, 0.3) is 0 Å². The van der Waals surface area contributed by atoms with Crippen LogP contribution in [0.5, 0.6) is 0 Å². The van der Waals surface area contributed by atoms with E-state index in [9.17, 15) is 4.79 Å². The third-order valence-corrected chi connectivity index (χ3v) is 3.01. The maximum atomic E-state index is 11.9. The summed E-state index contributed by atoms with van der Waals surface area (Å²) in [5, 5.41) is 8.97. The number of hydrogen-bond donors (Lipinski definition) is 3. The quantitative estimate of drug-likeness (QED) is 0.619. The fourth-order valence-electron chi connectivity index (χ4n) is 1.93. The van der Waals surface area contributed by atoms with E-state index >= 15 is 0 Å². The number of nitrogens with two attached hydrogens (primary N) is 1. The molecule has 0 unspecified atom stereocenters. The van der Waals surface area contributed by atoms with Gasteiger partial charge in [0.1, 0.15) is 5.76 Å². The Morgan fingerprint density at radius 3 is 2.60 bits per heavy atom. The Kier molecular flexibility index (Phi) is 4.58. The first kappa shape index (κ1) is 16.0. The molecule has 3 rings (SSSR count). The van der Waals surface area contributed by atoms with E-state index in [1.165, 1.54) is 0 Å². The second-order valence-corrected chi connectivity index (χ2v) is 5.06. The Hall–Kier alpha value is -3.86. The van der Waals surface area contributed by atoms with Gasteiger partial charge in [-0.05, 0) is 25.1 Å². The van der Waals surface area contributed by atoms with Gasteiger partial charge in [-0.2, -0.15) is 0 Å². The number of anilines is 3. The standard InChI is InChI=1S/C17H14N6O2/c1-11-7-15(23-25-11)22-17(24)21-14-4-2-3-12(8-14)5-6-13-9-19-16(18)20-10-13/h2-4,7-10H,1H3,(H2,18,19,20)(H2,21,22,23,24). The molecule has 124 valence electrons. The topological polar surface area (TPSA) is 119 Å². The molecule has 0 spiro atoms. The molecule has 2 heterocycles. The molecule has 4 N–H and O–H groups in total. The number of aryl methyl sites for hydroxylation is 1. The van der Waals surface area contributed by atoms with Crippen LogP contribution in [0.4, 0.5) is 22.2 Å². The van der Waals surface area contributed by atoms with Crippen LogP contribution in [-0.4, -0.2) is 21.2 Å². The van der Waals surface area contributed by atoms with E-state index in [0.29, 0.717) is 22.8 Å². The zero-order valence-corrected chi connectivity index (χ0v) is 13.3. The van der Waals surface area contributed by atoms with E-state index in [1.54, 1.807) is 43.6 Å². The van der Waals surface area contributed by atoms with Crippen LogP contribution in [0.15, 0.2) is 47.2 Å². The number of benzene rings is 1. The van der Waals surface area contributed by atoms with Gasteiger partial charge in [0.05, 0.1) is 5.56 Å². The van der Waals surface area contributed by atoms with Crippen molar-refractivity contribution in [2.75, 3.05) is 16.4 Å². The van der Waals surface area contributed by atoms with Crippen molar-refractivity contribution in [3.63, 3.8) is 0 Å². The second kappa shape index (κ2) is 7.14. The lowest BCUT2D eigenvalue weighted by atomic mass is 10.2. The predicted octanol–water partition coefficient (Wildman–Crippen LogP) is 2.40. The van der Waals surface area contributed by atoms with Crippen molar-refractivity contribution in [1.82, 2.24) is 15.1 Å². The van der Waals surface area contributed by atoms with Gasteiger partial charge < -0.3 is 15.6 Å². The zero-order chi connectivity index (χ0) is 17.6. The third kappa shape index (κ3) is 4.56. The molecule has 0 saturated heterocycles. The van der Waals surface area contributed by atoms with Gasteiger partial charge in [-0.1, -0.05) is 23.1 Å². The van der Waals surface area contributed by atoms with Crippen LogP contribution in [0, 0.1) is 18.8 Å². The van der Waals surface area contributed by atoms with Gasteiger partial charge >= 0.3 is 6.03 Å². The highest BCUT2D eigenvalue weighted by Crippen LogP contribution is 2.12. The fraction of sp³-hybridized carbons (Fsp3) is 0.0588. The number of nitrogens with one attached hydrogen (secondary N) is 2. The average molecular weight is 334 g/mol. The zero-order valence-electron chi connectivity index (χ0n) is 13.3. The van der Waals surface area contributed by atoms with Crippen molar-refractivity contribution in [2.24, 2.45) is 0 Å². The number of nitrogens with zero attached hydrogens (tertiary/aromatic N) is 3. The van der Waals surface area contributed by atoms with E-state index in [1.807, 2.05) is 6.07 Å². The van der Waals surface area contributed by atoms with Crippen LogP contribution >= 0.6 is 0 Å². The summed E-state index contributed by atoms with van der Waals surface area (Å²) in [5.74, 6) is 7.06. The van der Waals surface area contributed by atoms with Crippen molar-refractivity contribution >= 4 is 23.5 Å². The van der Waals surface area contributed by atoms with Gasteiger partial charge in [0, 0.05) is 29.7 Å². The van der Waals surface area contributed by atoms with Crippen molar-refractivity contribution in [3.05, 3.63) is 59.6 Å². The van der Waals surface area contributed by atoms with Crippen LogP contribution in [-0.2, 0) is 0 Å². The number of carbonyl (C=O) groups is 1. The predicted molar refractivity (Wildman–Crippen MR) is 92.7 cm³/mol. The van der Waals surface area contributed by atoms with Gasteiger partial charge in [0.2, 0.25) is 5.95 Å². The number of hydrogen-bond acceptors (Lipinski definition) is 6. The molecular weight excluding hydrogens is 320 g/mol. The molecule has 0 atom stereocenters. The Labute approximate surface area is 143 Å². The minimum absolute atomic E-state index is 0.199. The van der Waals surface area contributed by atoms with Crippen LogP contribution in [0.2, 0.25) is 0 Å². The normalized spacial score (nSPS) is 9.80. The highest BCUT2D eigenvalue weighted by Gasteiger charge is 2.06. The average Bonchev–Trinajstić information content (AvgIpc) is 2.99. The van der Waals surface area contributed by atoms with Crippen LogP contribution in [0.1, 0.15) is 16.9 Å². The molecule has 0 aliphatic rings. The summed E-state index contributed by atoms with van der Waals surface area (Å²) < 4.78 is 4.89. The summed E-state index contributed by atoms with van der Waals surface area (Å²) in [5.41, 5.74) is 7.40. The Balaban J connectivity index is 1.67. The summed E-state index contributed by atoms with van der Waals surface area (Å²) >= 11 is 0. The Morgan fingerprint density at radius 1 is 1.12 bits per heavy atom. The molecule has 25 heavy (non-hydrogen) atoms. The van der Waals surface area contributed by atoms with E-state index in [-0.39, 0.29) is 5.95 Å². The van der Waals surface area contributed by atoms with Gasteiger partial charge in [-0.25, -0.2) is 14.8 Å². The van der Waals surface area contributed by atoms with Crippen LogP contribution < -0.4 is 16.4 Å². The Morgan fingerprint density at radius 2 is 1.88 bits per heavy atom. The lowest BCUT2D eigenvalue weighted by molar-refractivity contribution is 0.262. The highest BCUT2D eigenvalue weighted by atomic mass is 16.5. The number of carbonyl (C=O) groups excluding carboxylic acids is 1. The van der Waals surface area contributed by atoms with E-state index in [0.717, 1.165) is 5.56 Å². The van der Waals surface area contributed by atoms with Crippen molar-refractivity contribution in [2.45, 2.75) is 6.92 Å². The SMILES string of the molecule is Cc1cc(NC(=O)Nc2cccc(C#Cc3cnc(N)nc3)c2)no1. The molecule has 8 nitrogen and oxygen atoms in total. The highest BCUT2D eigenvalue weighted by molar-refractivity contribution is 5.99. The van der Waals surface area contributed by atoms with Crippen molar-refractivity contribution < 1.29 is 9.32 Å². The Bertz CT molecular complexity index is 953. The summed E-state index contributed by atoms with van der Waals surface area (Å²) in [7, 11) is 0. The van der Waals surface area contributed by atoms with E-state index < -0.39 is 6.03 Å². The summed E-state index contributed by atoms with van der Waals surface area (Å²) in [6.45, 7) is 1.74. The van der Waals surface area contributed by atoms with Gasteiger partial charge in [-0.3, -0.25) is 5.32 Å².